The van der Waals surface area contributed by atoms with Gasteiger partial charge in [-0.3, -0.25) is 14.2 Å². The fourth-order valence-electron chi connectivity index (χ4n) is 3.73. The Hall–Kier alpha value is -2.54. The van der Waals surface area contributed by atoms with Crippen molar-refractivity contribution in [2.45, 2.75) is 39.2 Å². The third kappa shape index (κ3) is 3.58. The first-order valence-electron chi connectivity index (χ1n) is 9.57. The summed E-state index contributed by atoms with van der Waals surface area (Å²) in [5, 5.41) is 0.488. The van der Waals surface area contributed by atoms with Gasteiger partial charge in [0, 0.05) is 13.1 Å². The first kappa shape index (κ1) is 18.8. The molecule has 4 rings (SSSR count). The highest BCUT2D eigenvalue weighted by Gasteiger charge is 2.24. The monoisotopic (exact) mass is 399 g/mol. The van der Waals surface area contributed by atoms with Gasteiger partial charge in [-0.25, -0.2) is 9.37 Å². The minimum absolute atomic E-state index is 0.00141. The van der Waals surface area contributed by atoms with Gasteiger partial charge < -0.3 is 4.90 Å². The van der Waals surface area contributed by atoms with Crippen molar-refractivity contribution >= 4 is 27.5 Å². The Morgan fingerprint density at radius 1 is 1.21 bits per heavy atom. The Bertz CT molecular complexity index is 1080. The van der Waals surface area contributed by atoms with Gasteiger partial charge in [0.05, 0.1) is 23.1 Å². The van der Waals surface area contributed by atoms with Gasteiger partial charge in [-0.05, 0) is 43.0 Å². The van der Waals surface area contributed by atoms with E-state index in [2.05, 4.69) is 4.98 Å². The van der Waals surface area contributed by atoms with E-state index in [0.29, 0.717) is 26.2 Å². The van der Waals surface area contributed by atoms with Crippen LogP contribution in [0.15, 0.2) is 35.4 Å². The van der Waals surface area contributed by atoms with Crippen LogP contribution in [-0.2, 0) is 6.54 Å². The minimum atomic E-state index is -0.336. The van der Waals surface area contributed by atoms with Gasteiger partial charge in [0.15, 0.2) is 0 Å². The summed E-state index contributed by atoms with van der Waals surface area (Å²) in [5.74, 6) is -0.338. The molecule has 2 aromatic heterocycles. The quantitative estimate of drug-likeness (QED) is 0.670. The van der Waals surface area contributed by atoms with E-state index in [4.69, 9.17) is 0 Å². The topological polar surface area (TPSA) is 55.2 Å². The number of hydrogen-bond donors (Lipinski definition) is 0. The van der Waals surface area contributed by atoms with Crippen LogP contribution >= 0.6 is 11.3 Å². The molecule has 0 radical (unpaired) electrons. The average Bonchev–Trinajstić information content (AvgIpc) is 2.85. The molecule has 1 fully saturated rings. The SMILES string of the molecule is Cc1c(C(=O)N2CCCCCC2)sc2ncn(Cc3cccc(F)c3)c(=O)c12. The molecular weight excluding hydrogens is 377 g/mol. The van der Waals surface area contributed by atoms with Gasteiger partial charge in [0.25, 0.3) is 11.5 Å². The first-order valence-corrected chi connectivity index (χ1v) is 10.4. The predicted molar refractivity (Wildman–Crippen MR) is 108 cm³/mol. The maximum atomic E-state index is 13.4. The zero-order valence-corrected chi connectivity index (χ0v) is 16.6. The van der Waals surface area contributed by atoms with E-state index in [0.717, 1.165) is 38.8 Å². The molecule has 0 atom stereocenters. The van der Waals surface area contributed by atoms with E-state index in [1.54, 1.807) is 12.1 Å². The molecule has 3 heterocycles. The molecule has 28 heavy (non-hydrogen) atoms. The molecule has 0 unspecified atom stereocenters. The number of nitrogens with zero attached hydrogens (tertiary/aromatic N) is 3. The van der Waals surface area contributed by atoms with Gasteiger partial charge in [0.2, 0.25) is 0 Å². The summed E-state index contributed by atoms with van der Waals surface area (Å²) in [6, 6.07) is 6.17. The Morgan fingerprint density at radius 3 is 2.68 bits per heavy atom. The molecule has 1 aliphatic heterocycles. The van der Waals surface area contributed by atoms with Crippen LogP contribution in [0.1, 0.15) is 46.5 Å². The third-order valence-electron chi connectivity index (χ3n) is 5.25. The first-order chi connectivity index (χ1) is 13.5. The Morgan fingerprint density at radius 2 is 1.96 bits per heavy atom. The van der Waals surface area contributed by atoms with E-state index >= 15 is 0 Å². The molecule has 0 bridgehead atoms. The van der Waals surface area contributed by atoms with E-state index in [-0.39, 0.29) is 23.8 Å². The Kier molecular flexibility index (Phi) is 5.26. The number of fused-ring (bicyclic) bond motifs is 1. The average molecular weight is 399 g/mol. The zero-order valence-electron chi connectivity index (χ0n) is 15.8. The lowest BCUT2D eigenvalue weighted by molar-refractivity contribution is 0.0766. The van der Waals surface area contributed by atoms with E-state index < -0.39 is 0 Å². The molecule has 0 saturated carbocycles. The van der Waals surface area contributed by atoms with Crippen LogP contribution in [0, 0.1) is 12.7 Å². The second kappa shape index (κ2) is 7.83. The fraction of sp³-hybridized carbons (Fsp3) is 0.381. The standard InChI is InChI=1S/C21H22FN3O2S/c1-14-17-19(28-18(14)21(27)24-9-4-2-3-5-10-24)23-13-25(20(17)26)12-15-7-6-8-16(22)11-15/h6-8,11,13H,2-5,9-10,12H2,1H3. The number of likely N-dealkylation sites (tertiary alicyclic amines) is 1. The highest BCUT2D eigenvalue weighted by atomic mass is 32.1. The van der Waals surface area contributed by atoms with Crippen LogP contribution in [0.2, 0.25) is 0 Å². The van der Waals surface area contributed by atoms with Crippen LogP contribution in [0.25, 0.3) is 10.2 Å². The number of amides is 1. The van der Waals surface area contributed by atoms with Crippen molar-refractivity contribution < 1.29 is 9.18 Å². The number of carbonyl (C=O) groups excluding carboxylic acids is 1. The maximum absolute atomic E-state index is 13.4. The van der Waals surface area contributed by atoms with Crippen molar-refractivity contribution in [3.63, 3.8) is 0 Å². The van der Waals surface area contributed by atoms with Crippen LogP contribution in [0.5, 0.6) is 0 Å². The van der Waals surface area contributed by atoms with Crippen molar-refractivity contribution in [2.75, 3.05) is 13.1 Å². The molecule has 1 amide bonds. The lowest BCUT2D eigenvalue weighted by atomic mass is 10.2. The predicted octanol–water partition coefficient (Wildman–Crippen LogP) is 3.97. The molecule has 0 aliphatic carbocycles. The molecular formula is C21H22FN3O2S. The van der Waals surface area contributed by atoms with Gasteiger partial charge in [-0.2, -0.15) is 0 Å². The van der Waals surface area contributed by atoms with Crippen LogP contribution in [-0.4, -0.2) is 33.4 Å². The molecule has 3 aromatic rings. The summed E-state index contributed by atoms with van der Waals surface area (Å²) in [6.07, 6.45) is 5.83. The minimum Gasteiger partial charge on any atom is -0.338 e. The third-order valence-corrected chi connectivity index (χ3v) is 6.43. The van der Waals surface area contributed by atoms with E-state index in [1.807, 2.05) is 11.8 Å². The molecule has 7 heteroatoms. The van der Waals surface area contributed by atoms with Crippen LogP contribution in [0.4, 0.5) is 4.39 Å². The highest BCUT2D eigenvalue weighted by Crippen LogP contribution is 2.28. The fourth-order valence-corrected chi connectivity index (χ4v) is 4.83. The molecule has 0 spiro atoms. The molecule has 146 valence electrons. The van der Waals surface area contributed by atoms with Gasteiger partial charge in [-0.1, -0.05) is 25.0 Å². The molecule has 1 aromatic carbocycles. The number of aryl methyl sites for hydroxylation is 1. The van der Waals surface area contributed by atoms with Crippen LogP contribution < -0.4 is 5.56 Å². The zero-order chi connectivity index (χ0) is 19.7. The number of carbonyl (C=O) groups is 1. The largest absolute Gasteiger partial charge is 0.338 e. The van der Waals surface area contributed by atoms with E-state index in [1.165, 1.54) is 34.4 Å². The number of thiophene rings is 1. The molecule has 5 nitrogen and oxygen atoms in total. The van der Waals surface area contributed by atoms with Gasteiger partial charge in [-0.15, -0.1) is 11.3 Å². The number of halogens is 1. The number of benzene rings is 1. The summed E-state index contributed by atoms with van der Waals surface area (Å²) in [6.45, 7) is 3.59. The molecule has 1 aliphatic rings. The molecule has 1 saturated heterocycles. The lowest BCUT2D eigenvalue weighted by Crippen LogP contribution is -2.31. The Labute approximate surface area is 166 Å². The second-order valence-electron chi connectivity index (χ2n) is 7.25. The van der Waals surface area contributed by atoms with Crippen molar-refractivity contribution in [1.82, 2.24) is 14.5 Å². The normalized spacial score (nSPS) is 15.0. The van der Waals surface area contributed by atoms with Crippen molar-refractivity contribution in [3.05, 3.63) is 62.8 Å². The second-order valence-corrected chi connectivity index (χ2v) is 8.25. The van der Waals surface area contributed by atoms with Crippen molar-refractivity contribution in [1.29, 1.82) is 0 Å². The van der Waals surface area contributed by atoms with Gasteiger partial charge >= 0.3 is 0 Å². The smallest absolute Gasteiger partial charge is 0.264 e. The summed E-state index contributed by atoms with van der Waals surface area (Å²) >= 11 is 1.29. The van der Waals surface area contributed by atoms with E-state index in [9.17, 15) is 14.0 Å². The maximum Gasteiger partial charge on any atom is 0.264 e. The Balaban J connectivity index is 1.70. The molecule has 0 N–H and O–H groups in total. The number of aromatic nitrogens is 2. The van der Waals surface area contributed by atoms with Gasteiger partial charge in [0.1, 0.15) is 10.6 Å². The lowest BCUT2D eigenvalue weighted by Gasteiger charge is -2.19. The summed E-state index contributed by atoms with van der Waals surface area (Å²) in [7, 11) is 0. The highest BCUT2D eigenvalue weighted by molar-refractivity contribution is 7.20. The summed E-state index contributed by atoms with van der Waals surface area (Å²) < 4.78 is 14.9. The summed E-state index contributed by atoms with van der Waals surface area (Å²) in [4.78, 5) is 33.5. The van der Waals surface area contributed by atoms with Crippen molar-refractivity contribution in [3.8, 4) is 0 Å². The van der Waals surface area contributed by atoms with Crippen molar-refractivity contribution in [2.24, 2.45) is 0 Å². The number of hydrogen-bond acceptors (Lipinski definition) is 4. The van der Waals surface area contributed by atoms with Crippen LogP contribution in [0.3, 0.4) is 0 Å². The number of rotatable bonds is 3. The summed E-state index contributed by atoms with van der Waals surface area (Å²) in [5.41, 5.74) is 1.19.